The van der Waals surface area contributed by atoms with E-state index in [0.717, 1.165) is 12.1 Å². The Kier molecular flexibility index (Phi) is 12.4. The normalized spacial score (nSPS) is 15.9. The minimum Gasteiger partial charge on any atom is -0.481 e. The third-order valence-electron chi connectivity index (χ3n) is 6.90. The Morgan fingerprint density at radius 1 is 0.909 bits per heavy atom. The lowest BCUT2D eigenvalue weighted by atomic mass is 10.0. The number of aliphatic carboxylic acids is 1. The number of halogens is 10. The lowest BCUT2D eigenvalue weighted by Crippen LogP contribution is -2.46. The molecule has 0 aromatic heterocycles. The molecule has 0 radical (unpaired) electrons. The molecule has 0 saturated carbocycles. The molecular weight excluding hydrogens is 631 g/mol. The first-order valence-corrected chi connectivity index (χ1v) is 13.3. The van der Waals surface area contributed by atoms with Crippen LogP contribution in [-0.4, -0.2) is 47.4 Å². The zero-order chi connectivity index (χ0) is 32.2. The van der Waals surface area contributed by atoms with Crippen molar-refractivity contribution in [1.82, 2.24) is 15.3 Å². The second-order valence-corrected chi connectivity index (χ2v) is 10.0. The molecule has 1 heterocycles. The number of anilines is 1. The Labute approximate surface area is 254 Å². The van der Waals surface area contributed by atoms with Crippen molar-refractivity contribution in [3.05, 3.63) is 76.5 Å². The van der Waals surface area contributed by atoms with E-state index in [-0.39, 0.29) is 49.1 Å². The van der Waals surface area contributed by atoms with Crippen molar-refractivity contribution in [2.24, 2.45) is 0 Å². The fourth-order valence-corrected chi connectivity index (χ4v) is 4.72. The zero-order valence-corrected chi connectivity index (χ0v) is 24.5. The van der Waals surface area contributed by atoms with Gasteiger partial charge in [0.1, 0.15) is 0 Å². The molecule has 0 aliphatic carbocycles. The lowest BCUT2D eigenvalue weighted by molar-refractivity contribution is -0.143. The maximum atomic E-state index is 13.6. The average molecular weight is 663 g/mol. The smallest absolute Gasteiger partial charge is 0.416 e. The molecule has 44 heavy (non-hydrogen) atoms. The van der Waals surface area contributed by atoms with Crippen LogP contribution in [0.3, 0.4) is 0 Å². The van der Waals surface area contributed by atoms with Gasteiger partial charge in [-0.3, -0.25) is 10.1 Å². The van der Waals surface area contributed by atoms with Gasteiger partial charge in [-0.05, 0) is 73.4 Å². The molecule has 1 aliphatic rings. The van der Waals surface area contributed by atoms with Crippen LogP contribution in [0.5, 0.6) is 0 Å². The van der Waals surface area contributed by atoms with E-state index in [1.165, 1.54) is 29.3 Å². The number of alkyl halides is 9. The van der Waals surface area contributed by atoms with Crippen molar-refractivity contribution < 1.29 is 49.4 Å². The maximum Gasteiger partial charge on any atom is 0.416 e. The van der Waals surface area contributed by atoms with Crippen molar-refractivity contribution >= 4 is 24.1 Å². The Morgan fingerprint density at radius 2 is 1.50 bits per heavy atom. The SMILES string of the molecule is CCN(CCCCC(=O)O)c1ccc(C(F)(F)F)cc1CNC1C=CN(C)N1Cc1cc(C(F)(F)F)cc(C(F)(F)F)c1.Cl. The Bertz CT molecular complexity index is 1270. The van der Waals surface area contributed by atoms with Crippen LogP contribution in [0.25, 0.3) is 0 Å². The second kappa shape index (κ2) is 14.7. The highest BCUT2D eigenvalue weighted by Crippen LogP contribution is 2.37. The van der Waals surface area contributed by atoms with Crippen LogP contribution >= 0.6 is 12.4 Å². The molecule has 0 bridgehead atoms. The number of benzene rings is 2. The van der Waals surface area contributed by atoms with Gasteiger partial charge in [-0.2, -0.15) is 44.5 Å². The molecular formula is C28H32ClF9N4O2. The van der Waals surface area contributed by atoms with Crippen LogP contribution < -0.4 is 10.2 Å². The van der Waals surface area contributed by atoms with Gasteiger partial charge in [0.15, 0.2) is 0 Å². The average Bonchev–Trinajstić information content (AvgIpc) is 3.24. The molecule has 2 N–H and O–H groups in total. The largest absolute Gasteiger partial charge is 0.481 e. The summed E-state index contributed by atoms with van der Waals surface area (Å²) in [6.45, 7) is 2.11. The Hall–Kier alpha value is -3.17. The maximum absolute atomic E-state index is 13.6. The molecule has 0 amide bonds. The second-order valence-electron chi connectivity index (χ2n) is 10.0. The summed E-state index contributed by atoms with van der Waals surface area (Å²) >= 11 is 0. The molecule has 2 aromatic carbocycles. The molecule has 1 atom stereocenters. The van der Waals surface area contributed by atoms with Crippen molar-refractivity contribution in [1.29, 1.82) is 0 Å². The van der Waals surface area contributed by atoms with E-state index >= 15 is 0 Å². The number of nitrogens with one attached hydrogen (secondary N) is 1. The predicted octanol–water partition coefficient (Wildman–Crippen LogP) is 7.54. The van der Waals surface area contributed by atoms with Crippen LogP contribution in [0.15, 0.2) is 48.7 Å². The first-order valence-electron chi connectivity index (χ1n) is 13.3. The highest BCUT2D eigenvalue weighted by Gasteiger charge is 2.37. The topological polar surface area (TPSA) is 59.1 Å². The van der Waals surface area contributed by atoms with Crippen LogP contribution in [0.1, 0.15) is 54.0 Å². The molecule has 1 aliphatic heterocycles. The van der Waals surface area contributed by atoms with E-state index in [0.29, 0.717) is 43.8 Å². The Balaban J connectivity index is 0.00000675. The van der Waals surface area contributed by atoms with Gasteiger partial charge in [-0.25, -0.2) is 0 Å². The van der Waals surface area contributed by atoms with Gasteiger partial charge >= 0.3 is 24.5 Å². The lowest BCUT2D eigenvalue weighted by Gasteiger charge is -2.32. The molecule has 0 spiro atoms. The summed E-state index contributed by atoms with van der Waals surface area (Å²) in [5.41, 5.74) is -3.32. The summed E-state index contributed by atoms with van der Waals surface area (Å²) in [6, 6.07) is 4.56. The van der Waals surface area contributed by atoms with Crippen molar-refractivity contribution in [3.63, 3.8) is 0 Å². The van der Waals surface area contributed by atoms with E-state index in [4.69, 9.17) is 5.11 Å². The fraction of sp³-hybridized carbons (Fsp3) is 0.464. The van der Waals surface area contributed by atoms with E-state index in [1.54, 1.807) is 13.0 Å². The number of hydrazine groups is 1. The molecule has 3 rings (SSSR count). The van der Waals surface area contributed by atoms with Gasteiger partial charge in [0.25, 0.3) is 0 Å². The third kappa shape index (κ3) is 9.92. The predicted molar refractivity (Wildman–Crippen MR) is 148 cm³/mol. The highest BCUT2D eigenvalue weighted by atomic mass is 35.5. The molecule has 2 aromatic rings. The minimum absolute atomic E-state index is 0. The summed E-state index contributed by atoms with van der Waals surface area (Å²) in [5.74, 6) is -0.957. The summed E-state index contributed by atoms with van der Waals surface area (Å²) in [5, 5.41) is 14.8. The molecule has 1 unspecified atom stereocenters. The van der Waals surface area contributed by atoms with E-state index in [1.807, 2.05) is 4.90 Å². The monoisotopic (exact) mass is 662 g/mol. The van der Waals surface area contributed by atoms with Crippen LogP contribution in [0.2, 0.25) is 0 Å². The number of unbranched alkanes of at least 4 members (excludes halogenated alkanes) is 1. The Morgan fingerprint density at radius 3 is 2.02 bits per heavy atom. The number of hydrogen-bond donors (Lipinski definition) is 2. The summed E-state index contributed by atoms with van der Waals surface area (Å²) < 4.78 is 121. The number of hydrogen-bond acceptors (Lipinski definition) is 5. The highest BCUT2D eigenvalue weighted by molar-refractivity contribution is 5.85. The first kappa shape index (κ1) is 37.0. The molecule has 6 nitrogen and oxygen atoms in total. The summed E-state index contributed by atoms with van der Waals surface area (Å²) in [7, 11) is 1.53. The van der Waals surface area contributed by atoms with Gasteiger partial charge in [-0.15, -0.1) is 12.4 Å². The molecule has 0 saturated heterocycles. The number of carboxylic acid groups (broad SMARTS) is 1. The number of carboxylic acids is 1. The standard InChI is InChI=1S/C28H31F9N4O2.ClH/c1-3-40(10-5-4-6-25(42)43)23-8-7-20(26(29,30)31)14-19(23)16-38-24-9-11-39(2)41(24)17-18-12-21(27(32,33)34)15-22(13-18)28(35,36)37;/h7-9,11-15,24,38H,3-6,10,16-17H2,1-2H3,(H,42,43);1H. The zero-order valence-electron chi connectivity index (χ0n) is 23.7. The van der Waals surface area contributed by atoms with Crippen LogP contribution in [0.4, 0.5) is 45.2 Å². The number of nitrogens with zero attached hydrogens (tertiary/aromatic N) is 3. The van der Waals surface area contributed by atoms with E-state index < -0.39 is 47.4 Å². The summed E-state index contributed by atoms with van der Waals surface area (Å²) in [4.78, 5) is 12.6. The molecule has 16 heteroatoms. The van der Waals surface area contributed by atoms with Crippen molar-refractivity contribution in [2.75, 3.05) is 25.0 Å². The molecule has 246 valence electrons. The van der Waals surface area contributed by atoms with Gasteiger partial charge < -0.3 is 15.0 Å². The van der Waals surface area contributed by atoms with Gasteiger partial charge in [0.05, 0.1) is 22.9 Å². The quantitative estimate of drug-likeness (QED) is 0.181. The van der Waals surface area contributed by atoms with Gasteiger partial charge in [0.2, 0.25) is 0 Å². The minimum atomic E-state index is -5.01. The first-order chi connectivity index (χ1) is 19.9. The fourth-order valence-electron chi connectivity index (χ4n) is 4.72. The van der Waals surface area contributed by atoms with Crippen molar-refractivity contribution in [3.8, 4) is 0 Å². The number of rotatable bonds is 12. The summed E-state index contributed by atoms with van der Waals surface area (Å²) in [6.07, 6.45) is -11.5. The van der Waals surface area contributed by atoms with Crippen LogP contribution in [-0.2, 0) is 36.4 Å². The van der Waals surface area contributed by atoms with Gasteiger partial charge in [-0.1, -0.05) is 0 Å². The van der Waals surface area contributed by atoms with Crippen molar-refractivity contribution in [2.45, 2.75) is 64.0 Å². The number of carbonyl (C=O) groups is 1. The van der Waals surface area contributed by atoms with Gasteiger partial charge in [0, 0.05) is 51.5 Å². The van der Waals surface area contributed by atoms with Crippen LogP contribution in [0, 0.1) is 0 Å². The third-order valence-corrected chi connectivity index (χ3v) is 6.90. The van der Waals surface area contributed by atoms with E-state index in [2.05, 4.69) is 5.32 Å². The molecule has 0 fully saturated rings. The van der Waals surface area contributed by atoms with E-state index in [9.17, 15) is 44.3 Å².